The Labute approximate surface area is 157 Å². The lowest BCUT2D eigenvalue weighted by molar-refractivity contribution is 0.590. The number of rotatable bonds is 8. The molecule has 26 heavy (non-hydrogen) atoms. The van der Waals surface area contributed by atoms with Gasteiger partial charge in [0.05, 0.1) is 0 Å². The van der Waals surface area contributed by atoms with Crippen LogP contribution in [0, 0.1) is 0 Å². The van der Waals surface area contributed by atoms with E-state index in [9.17, 15) is 0 Å². The van der Waals surface area contributed by atoms with Crippen molar-refractivity contribution in [2.24, 2.45) is 4.99 Å². The monoisotopic (exact) mass is 356 g/mol. The van der Waals surface area contributed by atoms with Crippen LogP contribution in [-0.4, -0.2) is 40.9 Å². The Hall–Kier alpha value is -2.37. The molecule has 142 valence electrons. The Kier molecular flexibility index (Phi) is 7.63. The van der Waals surface area contributed by atoms with E-state index in [1.54, 1.807) is 12.7 Å². The Balaban J connectivity index is 1.62. The van der Waals surface area contributed by atoms with Gasteiger partial charge in [-0.15, -0.1) is 10.2 Å². The fourth-order valence-corrected chi connectivity index (χ4v) is 2.68. The topological polar surface area (TPSA) is 67.1 Å². The maximum absolute atomic E-state index is 4.28. The van der Waals surface area contributed by atoms with E-state index >= 15 is 0 Å². The molecule has 0 saturated heterocycles. The zero-order valence-electron chi connectivity index (χ0n) is 16.5. The summed E-state index contributed by atoms with van der Waals surface area (Å²) < 4.78 is 2.00. The van der Waals surface area contributed by atoms with Crippen molar-refractivity contribution >= 4 is 5.96 Å². The van der Waals surface area contributed by atoms with E-state index < -0.39 is 0 Å². The minimum atomic E-state index is 0.205. The lowest BCUT2D eigenvalue weighted by Crippen LogP contribution is -2.38. The number of hydrogen-bond acceptors (Lipinski definition) is 3. The summed E-state index contributed by atoms with van der Waals surface area (Å²) in [7, 11) is 1.81. The molecule has 0 radical (unpaired) electrons. The summed E-state index contributed by atoms with van der Waals surface area (Å²) >= 11 is 0. The van der Waals surface area contributed by atoms with Crippen LogP contribution < -0.4 is 10.6 Å². The summed E-state index contributed by atoms with van der Waals surface area (Å²) in [6.45, 7) is 9.45. The molecular weight excluding hydrogens is 324 g/mol. The van der Waals surface area contributed by atoms with Crippen LogP contribution in [0.2, 0.25) is 0 Å². The molecule has 2 aromatic rings. The molecule has 2 N–H and O–H groups in total. The van der Waals surface area contributed by atoms with Gasteiger partial charge in [0, 0.05) is 26.7 Å². The molecule has 0 saturated carbocycles. The second-order valence-electron chi connectivity index (χ2n) is 7.53. The van der Waals surface area contributed by atoms with E-state index in [-0.39, 0.29) is 5.41 Å². The number of nitrogens with one attached hydrogen (secondary N) is 2. The molecule has 0 aliphatic rings. The van der Waals surface area contributed by atoms with Crippen molar-refractivity contribution in [1.29, 1.82) is 0 Å². The Morgan fingerprint density at radius 1 is 1.00 bits per heavy atom. The molecule has 0 bridgehead atoms. The summed E-state index contributed by atoms with van der Waals surface area (Å²) in [6.07, 6.45) is 6.65. The molecule has 0 fully saturated rings. The number of unbranched alkanes of at least 4 members (excludes halogenated alkanes) is 1. The molecule has 0 atom stereocenters. The highest BCUT2D eigenvalue weighted by atomic mass is 15.2. The standard InChI is InChI=1S/C20H32N6/c1-20(2,3)18-9-7-17(8-10-18)11-13-23-19(21-4)22-12-5-6-14-26-15-24-25-16-26/h7-10,15-16H,5-6,11-14H2,1-4H3,(H2,21,22,23). The van der Waals surface area contributed by atoms with Crippen molar-refractivity contribution in [3.8, 4) is 0 Å². The van der Waals surface area contributed by atoms with Crippen molar-refractivity contribution in [1.82, 2.24) is 25.4 Å². The Morgan fingerprint density at radius 2 is 1.65 bits per heavy atom. The number of guanidine groups is 1. The van der Waals surface area contributed by atoms with Gasteiger partial charge in [-0.1, -0.05) is 45.0 Å². The van der Waals surface area contributed by atoms with E-state index in [0.717, 1.165) is 44.9 Å². The maximum atomic E-state index is 4.28. The number of benzene rings is 1. The zero-order valence-corrected chi connectivity index (χ0v) is 16.5. The highest BCUT2D eigenvalue weighted by molar-refractivity contribution is 5.79. The van der Waals surface area contributed by atoms with E-state index in [4.69, 9.17) is 0 Å². The third-order valence-corrected chi connectivity index (χ3v) is 4.35. The van der Waals surface area contributed by atoms with Gasteiger partial charge in [0.15, 0.2) is 5.96 Å². The normalized spacial score (nSPS) is 12.2. The summed E-state index contributed by atoms with van der Waals surface area (Å²) in [5.74, 6) is 0.862. The lowest BCUT2D eigenvalue weighted by atomic mass is 9.86. The molecule has 0 aliphatic carbocycles. The molecule has 2 rings (SSSR count). The first-order valence-corrected chi connectivity index (χ1v) is 9.35. The zero-order chi connectivity index (χ0) is 18.8. The van der Waals surface area contributed by atoms with Crippen molar-refractivity contribution < 1.29 is 0 Å². The highest BCUT2D eigenvalue weighted by Gasteiger charge is 2.12. The molecular formula is C20H32N6. The third kappa shape index (κ3) is 6.86. The van der Waals surface area contributed by atoms with Crippen LogP contribution in [0.25, 0.3) is 0 Å². The van der Waals surface area contributed by atoms with Gasteiger partial charge >= 0.3 is 0 Å². The first kappa shape index (κ1) is 19.9. The number of aryl methyl sites for hydroxylation is 1. The Morgan fingerprint density at radius 3 is 2.27 bits per heavy atom. The average molecular weight is 357 g/mol. The van der Waals surface area contributed by atoms with Crippen LogP contribution in [0.1, 0.15) is 44.7 Å². The highest BCUT2D eigenvalue weighted by Crippen LogP contribution is 2.22. The van der Waals surface area contributed by atoms with Crippen molar-refractivity contribution in [2.45, 2.75) is 52.0 Å². The largest absolute Gasteiger partial charge is 0.356 e. The SMILES string of the molecule is CN=C(NCCCCn1cnnc1)NCCc1ccc(C(C)(C)C)cc1. The molecule has 0 spiro atoms. The summed E-state index contributed by atoms with van der Waals surface area (Å²) in [5.41, 5.74) is 2.92. The van der Waals surface area contributed by atoms with Crippen LogP contribution in [0.4, 0.5) is 0 Å². The molecule has 0 aliphatic heterocycles. The number of aliphatic imine (C=N–C) groups is 1. The first-order valence-electron chi connectivity index (χ1n) is 9.35. The van der Waals surface area contributed by atoms with E-state index in [1.165, 1.54) is 11.1 Å². The van der Waals surface area contributed by atoms with Gasteiger partial charge in [0.1, 0.15) is 12.7 Å². The molecule has 1 aromatic heterocycles. The fourth-order valence-electron chi connectivity index (χ4n) is 2.68. The van der Waals surface area contributed by atoms with E-state index in [2.05, 4.69) is 70.9 Å². The van der Waals surface area contributed by atoms with E-state index in [1.807, 2.05) is 11.6 Å². The average Bonchev–Trinajstić information content (AvgIpc) is 3.13. The summed E-state index contributed by atoms with van der Waals surface area (Å²) in [5, 5.41) is 14.4. The minimum absolute atomic E-state index is 0.205. The van der Waals surface area contributed by atoms with Gasteiger partial charge < -0.3 is 15.2 Å². The fraction of sp³-hybridized carbons (Fsp3) is 0.550. The molecule has 0 unspecified atom stereocenters. The Bertz CT molecular complexity index is 653. The van der Waals surface area contributed by atoms with Gasteiger partial charge in [-0.3, -0.25) is 4.99 Å². The van der Waals surface area contributed by atoms with Crippen LogP contribution in [0.3, 0.4) is 0 Å². The second-order valence-corrected chi connectivity index (χ2v) is 7.53. The van der Waals surface area contributed by atoms with Gasteiger partial charge in [0.25, 0.3) is 0 Å². The smallest absolute Gasteiger partial charge is 0.190 e. The minimum Gasteiger partial charge on any atom is -0.356 e. The second kappa shape index (κ2) is 9.94. The number of hydrogen-bond donors (Lipinski definition) is 2. The third-order valence-electron chi connectivity index (χ3n) is 4.35. The molecule has 0 amide bonds. The molecule has 1 aromatic carbocycles. The summed E-state index contributed by atoms with van der Waals surface area (Å²) in [6, 6.07) is 8.92. The molecule has 6 heteroatoms. The van der Waals surface area contributed by atoms with Gasteiger partial charge in [0.2, 0.25) is 0 Å². The quantitative estimate of drug-likeness (QED) is 0.434. The lowest BCUT2D eigenvalue weighted by Gasteiger charge is -2.19. The first-order chi connectivity index (χ1) is 12.5. The van der Waals surface area contributed by atoms with Crippen LogP contribution >= 0.6 is 0 Å². The number of nitrogens with zero attached hydrogens (tertiary/aromatic N) is 4. The number of aromatic nitrogens is 3. The van der Waals surface area contributed by atoms with E-state index in [0.29, 0.717) is 0 Å². The van der Waals surface area contributed by atoms with Crippen molar-refractivity contribution in [2.75, 3.05) is 20.1 Å². The van der Waals surface area contributed by atoms with Crippen molar-refractivity contribution in [3.63, 3.8) is 0 Å². The molecule has 1 heterocycles. The van der Waals surface area contributed by atoms with Gasteiger partial charge in [-0.25, -0.2) is 0 Å². The van der Waals surface area contributed by atoms with Gasteiger partial charge in [-0.2, -0.15) is 0 Å². The van der Waals surface area contributed by atoms with Crippen LogP contribution in [-0.2, 0) is 18.4 Å². The van der Waals surface area contributed by atoms with Crippen molar-refractivity contribution in [3.05, 3.63) is 48.0 Å². The van der Waals surface area contributed by atoms with Gasteiger partial charge in [-0.05, 0) is 35.8 Å². The van der Waals surface area contributed by atoms with Crippen LogP contribution in [0.15, 0.2) is 41.9 Å². The molecule has 6 nitrogen and oxygen atoms in total. The maximum Gasteiger partial charge on any atom is 0.190 e. The summed E-state index contributed by atoms with van der Waals surface area (Å²) in [4.78, 5) is 4.28. The predicted molar refractivity (Wildman–Crippen MR) is 107 cm³/mol. The van der Waals surface area contributed by atoms with Crippen LogP contribution in [0.5, 0.6) is 0 Å². The predicted octanol–water partition coefficient (Wildman–Crippen LogP) is 2.76.